The van der Waals surface area contributed by atoms with E-state index in [4.69, 9.17) is 0 Å². The highest BCUT2D eigenvalue weighted by atomic mass is 19.4. The molecule has 7 heteroatoms. The molecule has 0 bridgehead atoms. The third kappa shape index (κ3) is 4.60. The number of likely N-dealkylation sites (tertiary alicyclic amines) is 1. The van der Waals surface area contributed by atoms with Crippen molar-refractivity contribution in [3.63, 3.8) is 0 Å². The fourth-order valence-corrected chi connectivity index (χ4v) is 4.82. The van der Waals surface area contributed by atoms with Gasteiger partial charge < -0.3 is 10.3 Å². The summed E-state index contributed by atoms with van der Waals surface area (Å²) in [4.78, 5) is 17.7. The zero-order valence-corrected chi connectivity index (χ0v) is 16.7. The number of carbonyl (C=O) groups is 1. The molecule has 1 aliphatic heterocycles. The monoisotopic (exact) mass is 407 g/mol. The number of nitrogens with one attached hydrogen (secondary N) is 2. The molecule has 1 amide bonds. The smallest absolute Gasteiger partial charge is 0.358 e. The van der Waals surface area contributed by atoms with Crippen LogP contribution in [-0.2, 0) is 12.8 Å². The second-order valence-corrected chi connectivity index (χ2v) is 8.54. The van der Waals surface area contributed by atoms with E-state index in [9.17, 15) is 18.0 Å². The number of piperidine rings is 1. The maximum absolute atomic E-state index is 12.8. The van der Waals surface area contributed by atoms with E-state index in [1.165, 1.54) is 29.0 Å². The van der Waals surface area contributed by atoms with E-state index in [1.807, 2.05) is 25.1 Å². The first kappa shape index (κ1) is 20.3. The Balaban J connectivity index is 1.38. The van der Waals surface area contributed by atoms with E-state index >= 15 is 0 Å². The predicted octanol–water partition coefficient (Wildman–Crippen LogP) is 4.44. The summed E-state index contributed by atoms with van der Waals surface area (Å²) in [5.74, 6) is 0.0927. The number of H-pyrrole nitrogens is 1. The molecule has 0 spiro atoms. The summed E-state index contributed by atoms with van der Waals surface area (Å²) in [6.45, 7) is 1.96. The van der Waals surface area contributed by atoms with Crippen LogP contribution in [0.5, 0.6) is 0 Å². The lowest BCUT2D eigenvalue weighted by Gasteiger charge is -2.35. The number of aryl methyl sites for hydroxylation is 2. The van der Waals surface area contributed by atoms with Crippen LogP contribution in [0, 0.1) is 5.92 Å². The van der Waals surface area contributed by atoms with Gasteiger partial charge >= 0.3 is 6.18 Å². The normalized spacial score (nSPS) is 19.9. The fraction of sp³-hybridized carbons (Fsp3) is 0.591. The SMILES string of the molecule is CC(NC(=O)c1ccc2[nH]c3c(c2c1)CCCC3)C1CCN(CC(F)(F)F)CC1. The van der Waals surface area contributed by atoms with Crippen molar-refractivity contribution in [2.75, 3.05) is 19.6 Å². The van der Waals surface area contributed by atoms with Gasteiger partial charge in [-0.25, -0.2) is 0 Å². The first-order chi connectivity index (χ1) is 13.8. The number of alkyl halides is 3. The zero-order valence-electron chi connectivity index (χ0n) is 16.7. The Labute approximate surface area is 168 Å². The number of benzene rings is 1. The molecule has 1 atom stereocenters. The fourth-order valence-electron chi connectivity index (χ4n) is 4.82. The first-order valence-corrected chi connectivity index (χ1v) is 10.5. The number of hydrogen-bond donors (Lipinski definition) is 2. The second kappa shape index (κ2) is 8.01. The van der Waals surface area contributed by atoms with E-state index in [0.717, 1.165) is 23.7 Å². The highest BCUT2D eigenvalue weighted by Crippen LogP contribution is 2.30. The molecule has 4 nitrogen and oxygen atoms in total. The van der Waals surface area contributed by atoms with E-state index in [-0.39, 0.29) is 17.9 Å². The number of halogens is 3. The third-order valence-corrected chi connectivity index (χ3v) is 6.46. The van der Waals surface area contributed by atoms with Gasteiger partial charge in [-0.2, -0.15) is 13.2 Å². The number of fused-ring (bicyclic) bond motifs is 3. The van der Waals surface area contributed by atoms with Crippen molar-refractivity contribution in [1.29, 1.82) is 0 Å². The van der Waals surface area contributed by atoms with Crippen LogP contribution in [0.4, 0.5) is 13.2 Å². The average Bonchev–Trinajstić information content (AvgIpc) is 3.05. The molecule has 1 aromatic carbocycles. The van der Waals surface area contributed by atoms with Crippen molar-refractivity contribution < 1.29 is 18.0 Å². The summed E-state index contributed by atoms with van der Waals surface area (Å²) in [6, 6.07) is 5.73. The minimum absolute atomic E-state index is 0.0635. The second-order valence-electron chi connectivity index (χ2n) is 8.54. The molecule has 2 heterocycles. The standard InChI is InChI=1S/C22H28F3N3O/c1-14(15-8-10-28(11-9-15)13-22(23,24)25)26-21(29)16-6-7-20-18(12-16)17-4-2-3-5-19(17)27-20/h6-7,12,14-15,27H,2-5,8-11,13H2,1H3,(H,26,29). The maximum atomic E-state index is 12.8. The Hall–Kier alpha value is -2.02. The van der Waals surface area contributed by atoms with Gasteiger partial charge in [-0.05, 0) is 88.2 Å². The van der Waals surface area contributed by atoms with Crippen molar-refractivity contribution in [1.82, 2.24) is 15.2 Å². The molecular weight excluding hydrogens is 379 g/mol. The average molecular weight is 407 g/mol. The van der Waals surface area contributed by atoms with Gasteiger partial charge in [0.15, 0.2) is 0 Å². The van der Waals surface area contributed by atoms with Gasteiger partial charge in [0.1, 0.15) is 0 Å². The molecule has 2 aliphatic rings. The Morgan fingerprint density at radius 1 is 1.24 bits per heavy atom. The first-order valence-electron chi connectivity index (χ1n) is 10.5. The molecule has 1 saturated heterocycles. The minimum atomic E-state index is -4.15. The maximum Gasteiger partial charge on any atom is 0.401 e. The highest BCUT2D eigenvalue weighted by molar-refractivity contribution is 5.99. The number of rotatable bonds is 4. The molecule has 29 heavy (non-hydrogen) atoms. The summed E-state index contributed by atoms with van der Waals surface area (Å²) < 4.78 is 37.6. The van der Waals surface area contributed by atoms with Crippen LogP contribution in [-0.4, -0.2) is 47.6 Å². The zero-order chi connectivity index (χ0) is 20.6. The van der Waals surface area contributed by atoms with Crippen molar-refractivity contribution in [3.05, 3.63) is 35.0 Å². The topological polar surface area (TPSA) is 48.1 Å². The van der Waals surface area contributed by atoms with Gasteiger partial charge in [0.25, 0.3) is 5.91 Å². The Morgan fingerprint density at radius 2 is 1.97 bits per heavy atom. The van der Waals surface area contributed by atoms with Gasteiger partial charge in [0, 0.05) is 28.2 Å². The molecule has 158 valence electrons. The summed E-state index contributed by atoms with van der Waals surface area (Å²) in [5.41, 5.74) is 4.36. The third-order valence-electron chi connectivity index (χ3n) is 6.46. The summed E-state index contributed by atoms with van der Waals surface area (Å²) >= 11 is 0. The molecule has 2 aromatic rings. The number of hydrogen-bond acceptors (Lipinski definition) is 2. The summed E-state index contributed by atoms with van der Waals surface area (Å²) in [5, 5.41) is 4.22. The van der Waals surface area contributed by atoms with Gasteiger partial charge in [0.05, 0.1) is 6.54 Å². The molecule has 1 aromatic heterocycles. The van der Waals surface area contributed by atoms with Crippen LogP contribution in [0.25, 0.3) is 10.9 Å². The predicted molar refractivity (Wildman–Crippen MR) is 107 cm³/mol. The molecule has 1 fully saturated rings. The number of nitrogens with zero attached hydrogens (tertiary/aromatic N) is 1. The van der Waals surface area contributed by atoms with Gasteiger partial charge in [-0.3, -0.25) is 9.69 Å². The lowest BCUT2D eigenvalue weighted by atomic mass is 9.90. The lowest BCUT2D eigenvalue weighted by Crippen LogP contribution is -2.46. The molecule has 0 radical (unpaired) electrons. The summed E-state index contributed by atoms with van der Waals surface area (Å²) in [7, 11) is 0. The van der Waals surface area contributed by atoms with Crippen molar-refractivity contribution in [3.8, 4) is 0 Å². The number of aromatic nitrogens is 1. The van der Waals surface area contributed by atoms with Gasteiger partial charge in [0.2, 0.25) is 0 Å². The molecule has 1 unspecified atom stereocenters. The molecule has 2 N–H and O–H groups in total. The highest BCUT2D eigenvalue weighted by Gasteiger charge is 2.33. The van der Waals surface area contributed by atoms with Gasteiger partial charge in [-0.15, -0.1) is 0 Å². The van der Waals surface area contributed by atoms with E-state index in [2.05, 4.69) is 10.3 Å². The van der Waals surface area contributed by atoms with E-state index in [0.29, 0.717) is 31.5 Å². The van der Waals surface area contributed by atoms with Crippen molar-refractivity contribution in [2.45, 2.75) is 57.7 Å². The minimum Gasteiger partial charge on any atom is -0.358 e. The van der Waals surface area contributed by atoms with Crippen LogP contribution in [0.1, 0.15) is 54.2 Å². The molecule has 1 aliphatic carbocycles. The van der Waals surface area contributed by atoms with Crippen LogP contribution in [0.15, 0.2) is 18.2 Å². The van der Waals surface area contributed by atoms with E-state index < -0.39 is 12.7 Å². The van der Waals surface area contributed by atoms with Crippen LogP contribution in [0.2, 0.25) is 0 Å². The number of carbonyl (C=O) groups excluding carboxylic acids is 1. The van der Waals surface area contributed by atoms with Gasteiger partial charge in [-0.1, -0.05) is 0 Å². The van der Waals surface area contributed by atoms with Crippen LogP contribution < -0.4 is 5.32 Å². The Kier molecular flexibility index (Phi) is 5.60. The number of amides is 1. The largest absolute Gasteiger partial charge is 0.401 e. The van der Waals surface area contributed by atoms with Crippen molar-refractivity contribution in [2.24, 2.45) is 5.92 Å². The Bertz CT molecular complexity index is 881. The molecule has 0 saturated carbocycles. The molecule has 4 rings (SSSR count). The van der Waals surface area contributed by atoms with Crippen LogP contribution >= 0.6 is 0 Å². The Morgan fingerprint density at radius 3 is 2.69 bits per heavy atom. The van der Waals surface area contributed by atoms with Crippen molar-refractivity contribution >= 4 is 16.8 Å². The quantitative estimate of drug-likeness (QED) is 0.787. The van der Waals surface area contributed by atoms with Crippen LogP contribution in [0.3, 0.4) is 0 Å². The summed E-state index contributed by atoms with van der Waals surface area (Å²) in [6.07, 6.45) is 1.68. The molecular formula is C22H28F3N3O. The lowest BCUT2D eigenvalue weighted by molar-refractivity contribution is -0.148. The van der Waals surface area contributed by atoms with E-state index in [1.54, 1.807) is 0 Å². The number of aromatic amines is 1.